The van der Waals surface area contributed by atoms with Crippen molar-refractivity contribution in [2.24, 2.45) is 0 Å². The predicted molar refractivity (Wildman–Crippen MR) is 69.4 cm³/mol. The van der Waals surface area contributed by atoms with E-state index in [1.54, 1.807) is 7.11 Å². The highest BCUT2D eigenvalue weighted by Gasteiger charge is 2.15. The second-order valence-electron chi connectivity index (χ2n) is 4.67. The number of ether oxygens (including phenoxy) is 2. The van der Waals surface area contributed by atoms with Gasteiger partial charge in [-0.1, -0.05) is 0 Å². The summed E-state index contributed by atoms with van der Waals surface area (Å²) in [5.41, 5.74) is 1.23. The van der Waals surface area contributed by atoms with Crippen molar-refractivity contribution in [2.45, 2.75) is 38.5 Å². The average molecular weight is 253 g/mol. The largest absolute Gasteiger partial charge is 0.383 e. The van der Waals surface area contributed by atoms with Gasteiger partial charge in [-0.2, -0.15) is 0 Å². The Morgan fingerprint density at radius 2 is 2.56 bits per heavy atom. The summed E-state index contributed by atoms with van der Waals surface area (Å²) in [6, 6.07) is 0. The van der Waals surface area contributed by atoms with Gasteiger partial charge in [0.1, 0.15) is 0 Å². The molecule has 1 aliphatic rings. The first-order valence-corrected chi connectivity index (χ1v) is 6.70. The Balaban J connectivity index is 1.72. The topological polar surface area (TPSA) is 48.3 Å². The van der Waals surface area contributed by atoms with Crippen LogP contribution in [0.3, 0.4) is 0 Å². The molecular weight excluding hydrogens is 230 g/mol. The normalized spacial score (nSPS) is 19.5. The van der Waals surface area contributed by atoms with E-state index in [0.717, 1.165) is 39.3 Å². The molecule has 5 heteroatoms. The SMILES string of the molecule is COCCNCc1cncn1CCC1CCCO1. The summed E-state index contributed by atoms with van der Waals surface area (Å²) < 4.78 is 12.9. The molecule has 1 saturated heterocycles. The number of imidazole rings is 1. The molecule has 1 aromatic heterocycles. The smallest absolute Gasteiger partial charge is 0.0948 e. The van der Waals surface area contributed by atoms with Crippen LogP contribution in [0.4, 0.5) is 0 Å². The number of aryl methyl sites for hydroxylation is 1. The van der Waals surface area contributed by atoms with Crippen molar-refractivity contribution in [1.82, 2.24) is 14.9 Å². The number of nitrogens with one attached hydrogen (secondary N) is 1. The third kappa shape index (κ3) is 4.08. The van der Waals surface area contributed by atoms with Gasteiger partial charge >= 0.3 is 0 Å². The fourth-order valence-corrected chi connectivity index (χ4v) is 2.24. The van der Waals surface area contributed by atoms with E-state index in [1.165, 1.54) is 18.5 Å². The fraction of sp³-hybridized carbons (Fsp3) is 0.769. The van der Waals surface area contributed by atoms with E-state index in [-0.39, 0.29) is 0 Å². The Bertz CT molecular complexity index is 335. The van der Waals surface area contributed by atoms with E-state index in [9.17, 15) is 0 Å². The zero-order valence-electron chi connectivity index (χ0n) is 11.1. The van der Waals surface area contributed by atoms with Gasteiger partial charge in [0.15, 0.2) is 0 Å². The van der Waals surface area contributed by atoms with Crippen molar-refractivity contribution in [3.8, 4) is 0 Å². The molecule has 18 heavy (non-hydrogen) atoms. The number of methoxy groups -OCH3 is 1. The molecule has 2 heterocycles. The summed E-state index contributed by atoms with van der Waals surface area (Å²) in [4.78, 5) is 4.22. The minimum atomic E-state index is 0.446. The Kier molecular flexibility index (Phi) is 5.64. The second-order valence-corrected chi connectivity index (χ2v) is 4.67. The molecule has 0 radical (unpaired) electrons. The molecule has 0 bridgehead atoms. The fourth-order valence-electron chi connectivity index (χ4n) is 2.24. The van der Waals surface area contributed by atoms with Crippen LogP contribution < -0.4 is 5.32 Å². The number of nitrogens with zero attached hydrogens (tertiary/aromatic N) is 2. The predicted octanol–water partition coefficient (Wildman–Crippen LogP) is 1.19. The average Bonchev–Trinajstić information content (AvgIpc) is 3.03. The van der Waals surface area contributed by atoms with Gasteiger partial charge in [0.25, 0.3) is 0 Å². The molecule has 1 unspecified atom stereocenters. The quantitative estimate of drug-likeness (QED) is 0.707. The molecule has 0 amide bonds. The van der Waals surface area contributed by atoms with E-state index < -0.39 is 0 Å². The summed E-state index contributed by atoms with van der Waals surface area (Å²) in [5, 5.41) is 3.34. The molecule has 0 spiro atoms. The van der Waals surface area contributed by atoms with Crippen molar-refractivity contribution in [3.05, 3.63) is 18.2 Å². The minimum absolute atomic E-state index is 0.446. The van der Waals surface area contributed by atoms with Gasteiger partial charge in [0.05, 0.1) is 24.7 Å². The maximum Gasteiger partial charge on any atom is 0.0948 e. The highest BCUT2D eigenvalue weighted by atomic mass is 16.5. The minimum Gasteiger partial charge on any atom is -0.383 e. The van der Waals surface area contributed by atoms with E-state index in [1.807, 2.05) is 12.5 Å². The third-order valence-corrected chi connectivity index (χ3v) is 3.30. The Morgan fingerprint density at radius 1 is 1.61 bits per heavy atom. The molecular formula is C13H23N3O2. The van der Waals surface area contributed by atoms with Crippen LogP contribution in [-0.2, 0) is 22.6 Å². The summed E-state index contributed by atoms with van der Waals surface area (Å²) >= 11 is 0. The second kappa shape index (κ2) is 7.51. The number of hydrogen-bond donors (Lipinski definition) is 1. The molecule has 0 saturated carbocycles. The van der Waals surface area contributed by atoms with Gasteiger partial charge in [0.2, 0.25) is 0 Å². The lowest BCUT2D eigenvalue weighted by molar-refractivity contribution is 0.100. The van der Waals surface area contributed by atoms with Crippen molar-refractivity contribution in [1.29, 1.82) is 0 Å². The Labute approximate surface area is 108 Å². The van der Waals surface area contributed by atoms with Crippen LogP contribution in [0, 0.1) is 0 Å². The van der Waals surface area contributed by atoms with Crippen molar-refractivity contribution >= 4 is 0 Å². The van der Waals surface area contributed by atoms with Crippen LogP contribution in [0.1, 0.15) is 25.0 Å². The van der Waals surface area contributed by atoms with Gasteiger partial charge in [-0.3, -0.25) is 0 Å². The molecule has 1 aromatic rings. The van der Waals surface area contributed by atoms with Crippen LogP contribution in [0.15, 0.2) is 12.5 Å². The lowest BCUT2D eigenvalue weighted by Gasteiger charge is -2.12. The highest BCUT2D eigenvalue weighted by Crippen LogP contribution is 2.16. The maximum atomic E-state index is 5.64. The van der Waals surface area contributed by atoms with E-state index in [0.29, 0.717) is 6.10 Å². The third-order valence-electron chi connectivity index (χ3n) is 3.30. The van der Waals surface area contributed by atoms with Gasteiger partial charge in [0, 0.05) is 39.5 Å². The van der Waals surface area contributed by atoms with Crippen LogP contribution in [0.5, 0.6) is 0 Å². The Morgan fingerprint density at radius 3 is 3.33 bits per heavy atom. The maximum absolute atomic E-state index is 5.64. The van der Waals surface area contributed by atoms with Crippen molar-refractivity contribution in [3.63, 3.8) is 0 Å². The van der Waals surface area contributed by atoms with Gasteiger partial charge in [-0.25, -0.2) is 4.98 Å². The van der Waals surface area contributed by atoms with E-state index in [2.05, 4.69) is 14.9 Å². The van der Waals surface area contributed by atoms with Crippen molar-refractivity contribution < 1.29 is 9.47 Å². The number of hydrogen-bond acceptors (Lipinski definition) is 4. The highest BCUT2D eigenvalue weighted by molar-refractivity contribution is 4.98. The first kappa shape index (κ1) is 13.5. The monoisotopic (exact) mass is 253 g/mol. The molecule has 1 N–H and O–H groups in total. The summed E-state index contributed by atoms with van der Waals surface area (Å²) in [5.74, 6) is 0. The molecule has 0 aliphatic carbocycles. The number of rotatable bonds is 8. The van der Waals surface area contributed by atoms with Crippen LogP contribution in [-0.4, -0.2) is 42.5 Å². The Hall–Kier alpha value is -0.910. The van der Waals surface area contributed by atoms with E-state index in [4.69, 9.17) is 9.47 Å². The summed E-state index contributed by atoms with van der Waals surface area (Å²) in [6.45, 7) is 4.37. The van der Waals surface area contributed by atoms with Gasteiger partial charge in [-0.05, 0) is 19.3 Å². The van der Waals surface area contributed by atoms with Crippen molar-refractivity contribution in [2.75, 3.05) is 26.9 Å². The van der Waals surface area contributed by atoms with Gasteiger partial charge in [-0.15, -0.1) is 0 Å². The molecule has 0 aromatic carbocycles. The first-order valence-electron chi connectivity index (χ1n) is 6.70. The number of aromatic nitrogens is 2. The standard InChI is InChI=1S/C13H23N3O2/c1-17-8-5-14-9-12-10-15-11-16(12)6-4-13-3-2-7-18-13/h10-11,13-14H,2-9H2,1H3. The lowest BCUT2D eigenvalue weighted by Crippen LogP contribution is -2.21. The molecule has 2 rings (SSSR count). The molecule has 102 valence electrons. The molecule has 1 fully saturated rings. The molecule has 1 atom stereocenters. The van der Waals surface area contributed by atoms with Crippen LogP contribution in [0.25, 0.3) is 0 Å². The van der Waals surface area contributed by atoms with Crippen LogP contribution >= 0.6 is 0 Å². The zero-order valence-corrected chi connectivity index (χ0v) is 11.1. The summed E-state index contributed by atoms with van der Waals surface area (Å²) in [6.07, 6.45) is 7.77. The first-order chi connectivity index (χ1) is 8.90. The summed E-state index contributed by atoms with van der Waals surface area (Å²) in [7, 11) is 1.72. The van der Waals surface area contributed by atoms with Crippen LogP contribution in [0.2, 0.25) is 0 Å². The molecule has 5 nitrogen and oxygen atoms in total. The lowest BCUT2D eigenvalue weighted by atomic mass is 10.2. The van der Waals surface area contributed by atoms with E-state index >= 15 is 0 Å². The van der Waals surface area contributed by atoms with Gasteiger partial charge < -0.3 is 19.4 Å². The molecule has 1 aliphatic heterocycles. The zero-order chi connectivity index (χ0) is 12.6.